The average Bonchev–Trinajstić information content (AvgIpc) is 2.06. The van der Waals surface area contributed by atoms with Crippen molar-refractivity contribution in [1.29, 1.82) is 0 Å². The summed E-state index contributed by atoms with van der Waals surface area (Å²) in [5.41, 5.74) is 0. The molecule has 0 bridgehead atoms. The zero-order chi connectivity index (χ0) is 10.6. The Morgan fingerprint density at radius 2 is 1.71 bits per heavy atom. The zero-order valence-electron chi connectivity index (χ0n) is 10.6. The third kappa shape index (κ3) is 3.29. The summed E-state index contributed by atoms with van der Waals surface area (Å²) >= 11 is 0. The molecular formula is C14H28. The molecule has 0 radical (unpaired) electrons. The molecule has 0 amide bonds. The highest BCUT2D eigenvalue weighted by Gasteiger charge is 2.29. The largest absolute Gasteiger partial charge is 0.0651 e. The summed E-state index contributed by atoms with van der Waals surface area (Å²) in [7, 11) is 0. The second-order valence-corrected chi connectivity index (χ2v) is 5.71. The molecule has 0 spiro atoms. The number of hydrogen-bond acceptors (Lipinski definition) is 0. The molecule has 2 atom stereocenters. The van der Waals surface area contributed by atoms with Gasteiger partial charge in [0.05, 0.1) is 0 Å². The molecule has 1 aliphatic carbocycles. The molecule has 0 N–H and O–H groups in total. The van der Waals surface area contributed by atoms with Gasteiger partial charge in [0.2, 0.25) is 0 Å². The standard InChI is InChI=1S/C14H28/c1-5-14(13-7-6-8-13)12(4)10-9-11(2)3/h11-14H,5-10H2,1-4H3. The minimum atomic E-state index is 0.886. The van der Waals surface area contributed by atoms with E-state index in [9.17, 15) is 0 Å². The van der Waals surface area contributed by atoms with Crippen LogP contribution in [0.5, 0.6) is 0 Å². The van der Waals surface area contributed by atoms with Gasteiger partial charge in [-0.15, -0.1) is 0 Å². The van der Waals surface area contributed by atoms with Crippen molar-refractivity contribution in [2.45, 2.75) is 66.2 Å². The summed E-state index contributed by atoms with van der Waals surface area (Å²) in [6.45, 7) is 9.55. The Balaban J connectivity index is 2.27. The lowest BCUT2D eigenvalue weighted by atomic mass is 9.69. The normalized spacial score (nSPS) is 22.1. The van der Waals surface area contributed by atoms with E-state index in [-0.39, 0.29) is 0 Å². The lowest BCUT2D eigenvalue weighted by molar-refractivity contribution is 0.138. The van der Waals surface area contributed by atoms with E-state index >= 15 is 0 Å². The lowest BCUT2D eigenvalue weighted by Crippen LogP contribution is -2.27. The van der Waals surface area contributed by atoms with Crippen molar-refractivity contribution in [2.75, 3.05) is 0 Å². The van der Waals surface area contributed by atoms with E-state index in [1.54, 1.807) is 0 Å². The molecule has 0 heteroatoms. The Labute approximate surface area is 90.5 Å². The SMILES string of the molecule is CCC(C(C)CCC(C)C)C1CCC1. The molecule has 1 fully saturated rings. The summed E-state index contributed by atoms with van der Waals surface area (Å²) < 4.78 is 0. The van der Waals surface area contributed by atoms with Gasteiger partial charge >= 0.3 is 0 Å². The first-order valence-electron chi connectivity index (χ1n) is 6.65. The molecule has 0 aromatic rings. The summed E-state index contributed by atoms with van der Waals surface area (Å²) in [5, 5.41) is 0. The van der Waals surface area contributed by atoms with Crippen LogP contribution in [0.2, 0.25) is 0 Å². The van der Waals surface area contributed by atoms with Gasteiger partial charge in [-0.05, 0) is 23.7 Å². The molecule has 14 heavy (non-hydrogen) atoms. The van der Waals surface area contributed by atoms with Gasteiger partial charge in [-0.3, -0.25) is 0 Å². The molecule has 1 saturated carbocycles. The molecule has 1 aliphatic rings. The van der Waals surface area contributed by atoms with Crippen LogP contribution in [0.1, 0.15) is 66.2 Å². The van der Waals surface area contributed by atoms with Crippen molar-refractivity contribution in [3.05, 3.63) is 0 Å². The predicted molar refractivity (Wildman–Crippen MR) is 64.4 cm³/mol. The van der Waals surface area contributed by atoms with E-state index < -0.39 is 0 Å². The highest BCUT2D eigenvalue weighted by Crippen LogP contribution is 2.40. The van der Waals surface area contributed by atoms with Gasteiger partial charge in [-0.1, -0.05) is 66.2 Å². The highest BCUT2D eigenvalue weighted by molar-refractivity contribution is 4.80. The third-order valence-electron chi connectivity index (χ3n) is 4.16. The second kappa shape index (κ2) is 5.78. The van der Waals surface area contributed by atoms with E-state index in [0.717, 1.165) is 23.7 Å². The fraction of sp³-hybridized carbons (Fsp3) is 1.00. The molecule has 84 valence electrons. The third-order valence-corrected chi connectivity index (χ3v) is 4.16. The Morgan fingerprint density at radius 3 is 2.07 bits per heavy atom. The van der Waals surface area contributed by atoms with Gasteiger partial charge in [0.25, 0.3) is 0 Å². The summed E-state index contributed by atoms with van der Waals surface area (Å²) in [6, 6.07) is 0. The van der Waals surface area contributed by atoms with Gasteiger partial charge in [-0.25, -0.2) is 0 Å². The number of rotatable bonds is 6. The Kier molecular flexibility index (Phi) is 4.98. The molecular weight excluding hydrogens is 168 g/mol. The van der Waals surface area contributed by atoms with Crippen LogP contribution in [0.15, 0.2) is 0 Å². The smallest absolute Gasteiger partial charge is 0.0363 e. The van der Waals surface area contributed by atoms with E-state index in [0.29, 0.717) is 0 Å². The Hall–Kier alpha value is 0. The molecule has 1 rings (SSSR count). The summed E-state index contributed by atoms with van der Waals surface area (Å²) in [4.78, 5) is 0. The summed E-state index contributed by atoms with van der Waals surface area (Å²) in [6.07, 6.45) is 8.81. The Morgan fingerprint density at radius 1 is 1.07 bits per heavy atom. The monoisotopic (exact) mass is 196 g/mol. The van der Waals surface area contributed by atoms with Crippen LogP contribution in [-0.2, 0) is 0 Å². The van der Waals surface area contributed by atoms with E-state index in [1.807, 2.05) is 0 Å². The topological polar surface area (TPSA) is 0 Å². The molecule has 2 unspecified atom stereocenters. The van der Waals surface area contributed by atoms with E-state index in [2.05, 4.69) is 27.7 Å². The predicted octanol–water partition coefficient (Wildman–Crippen LogP) is 4.89. The van der Waals surface area contributed by atoms with Gasteiger partial charge < -0.3 is 0 Å². The maximum atomic E-state index is 2.48. The Bertz CT molecular complexity index is 144. The quantitative estimate of drug-likeness (QED) is 0.567. The second-order valence-electron chi connectivity index (χ2n) is 5.71. The first kappa shape index (κ1) is 12.1. The minimum Gasteiger partial charge on any atom is -0.0651 e. The average molecular weight is 196 g/mol. The fourth-order valence-electron chi connectivity index (χ4n) is 2.88. The van der Waals surface area contributed by atoms with E-state index in [4.69, 9.17) is 0 Å². The highest BCUT2D eigenvalue weighted by atomic mass is 14.3. The maximum Gasteiger partial charge on any atom is -0.0363 e. The molecule has 0 aromatic heterocycles. The van der Waals surface area contributed by atoms with Crippen LogP contribution >= 0.6 is 0 Å². The first-order chi connectivity index (χ1) is 6.65. The van der Waals surface area contributed by atoms with Crippen LogP contribution < -0.4 is 0 Å². The molecule has 0 heterocycles. The van der Waals surface area contributed by atoms with Crippen molar-refractivity contribution < 1.29 is 0 Å². The molecule has 0 nitrogen and oxygen atoms in total. The van der Waals surface area contributed by atoms with E-state index in [1.165, 1.54) is 38.5 Å². The zero-order valence-corrected chi connectivity index (χ0v) is 10.6. The molecule has 0 aromatic carbocycles. The summed E-state index contributed by atoms with van der Waals surface area (Å²) in [5.74, 6) is 3.97. The first-order valence-corrected chi connectivity index (χ1v) is 6.65. The molecule has 0 saturated heterocycles. The minimum absolute atomic E-state index is 0.886. The maximum absolute atomic E-state index is 2.48. The number of hydrogen-bond donors (Lipinski definition) is 0. The van der Waals surface area contributed by atoms with Crippen molar-refractivity contribution in [2.24, 2.45) is 23.7 Å². The fourth-order valence-corrected chi connectivity index (χ4v) is 2.88. The van der Waals surface area contributed by atoms with Crippen LogP contribution in [0.25, 0.3) is 0 Å². The van der Waals surface area contributed by atoms with Crippen molar-refractivity contribution in [3.8, 4) is 0 Å². The van der Waals surface area contributed by atoms with Crippen molar-refractivity contribution in [3.63, 3.8) is 0 Å². The van der Waals surface area contributed by atoms with Crippen LogP contribution in [-0.4, -0.2) is 0 Å². The van der Waals surface area contributed by atoms with Gasteiger partial charge in [-0.2, -0.15) is 0 Å². The van der Waals surface area contributed by atoms with Gasteiger partial charge in [0, 0.05) is 0 Å². The van der Waals surface area contributed by atoms with Crippen LogP contribution in [0.4, 0.5) is 0 Å². The van der Waals surface area contributed by atoms with Gasteiger partial charge in [0.15, 0.2) is 0 Å². The van der Waals surface area contributed by atoms with Crippen molar-refractivity contribution >= 4 is 0 Å². The van der Waals surface area contributed by atoms with Crippen LogP contribution in [0, 0.1) is 23.7 Å². The van der Waals surface area contributed by atoms with Crippen molar-refractivity contribution in [1.82, 2.24) is 0 Å². The lowest BCUT2D eigenvalue weighted by Gasteiger charge is -2.37. The van der Waals surface area contributed by atoms with Gasteiger partial charge in [0.1, 0.15) is 0 Å². The molecule has 0 aliphatic heterocycles. The van der Waals surface area contributed by atoms with Crippen LogP contribution in [0.3, 0.4) is 0 Å².